The highest BCUT2D eigenvalue weighted by molar-refractivity contribution is 6.07. The topological polar surface area (TPSA) is 194 Å². The quantitative estimate of drug-likeness (QED) is 0.0551. The summed E-state index contributed by atoms with van der Waals surface area (Å²) in [7, 11) is 0. The van der Waals surface area contributed by atoms with Gasteiger partial charge in [-0.1, -0.05) is 72.8 Å². The van der Waals surface area contributed by atoms with Gasteiger partial charge in [0.1, 0.15) is 0 Å². The van der Waals surface area contributed by atoms with Crippen LogP contribution in [0.2, 0.25) is 0 Å². The van der Waals surface area contributed by atoms with Crippen molar-refractivity contribution in [1.29, 1.82) is 10.5 Å². The lowest BCUT2D eigenvalue weighted by Gasteiger charge is -2.43. The molecule has 6 amide bonds. The first-order valence-corrected chi connectivity index (χ1v) is 31.6. The number of nitriles is 2. The molecule has 2 saturated heterocycles. The average Bonchev–Trinajstić information content (AvgIpc) is 0.761. The largest absolute Gasteiger partial charge is 0.463 e. The average molecular weight is 1320 g/mol. The lowest BCUT2D eigenvalue weighted by atomic mass is 9.92. The molecule has 4 heterocycles. The molecular weight excluding hydrogens is 1250 g/mol. The minimum Gasteiger partial charge on any atom is -0.463 e. The third kappa shape index (κ3) is 14.6. The number of halogens is 6. The molecule has 0 aromatic heterocycles. The highest BCUT2D eigenvalue weighted by atomic mass is 19.4. The molecule has 0 aliphatic carbocycles. The van der Waals surface area contributed by atoms with E-state index in [1.165, 1.54) is 47.9 Å². The molecule has 498 valence electrons. The molecule has 0 bridgehead atoms. The predicted octanol–water partition coefficient (Wildman–Crippen LogP) is 12.5. The highest BCUT2D eigenvalue weighted by Crippen LogP contribution is 2.44. The van der Waals surface area contributed by atoms with Gasteiger partial charge in [-0.25, -0.2) is 19.2 Å². The van der Waals surface area contributed by atoms with Crippen LogP contribution in [0.1, 0.15) is 107 Å². The lowest BCUT2D eigenvalue weighted by molar-refractivity contribution is -0.140. The van der Waals surface area contributed by atoms with Crippen LogP contribution in [0.15, 0.2) is 168 Å². The zero-order valence-corrected chi connectivity index (χ0v) is 53.3. The Labute approximate surface area is 552 Å². The third-order valence-corrected chi connectivity index (χ3v) is 17.7. The van der Waals surface area contributed by atoms with Gasteiger partial charge in [0, 0.05) is 88.0 Å². The molecule has 4 aliphatic heterocycles. The molecule has 0 radical (unpaired) electrons. The summed E-state index contributed by atoms with van der Waals surface area (Å²) in [4.78, 5) is 99.6. The molecule has 2 unspecified atom stereocenters. The van der Waals surface area contributed by atoms with Crippen molar-refractivity contribution >= 4 is 47.2 Å². The Morgan fingerprint density at radius 1 is 0.479 bits per heavy atom. The van der Waals surface area contributed by atoms with E-state index in [-0.39, 0.29) is 72.0 Å². The summed E-state index contributed by atoms with van der Waals surface area (Å²) in [5.41, 5.74) is 1.72. The number of carbonyl (C=O) groups excluding carboxylic acids is 6. The van der Waals surface area contributed by atoms with Gasteiger partial charge in [-0.3, -0.25) is 29.2 Å². The SMILES string of the molecule is CCOC(=O)C1=C(C)N(c2cccc(C(F)(F)F)c2)C(=O)N(CCCN2CCN(C(=O)c3ccccc3-c3ccccc3C(=O)N3CCN(CCCN4C(=O)N(c5cccc(C(F)(F)F)c5)C(C)=C(C(=O)OCC)C4c4ccc(C#N)cc4)CC3)CC2)C1c1ccc(C#N)cc1. The van der Waals surface area contributed by atoms with Gasteiger partial charge in [0.25, 0.3) is 11.8 Å². The first kappa shape index (κ1) is 68.6. The van der Waals surface area contributed by atoms with Crippen molar-refractivity contribution in [2.75, 3.05) is 102 Å². The number of urea groups is 2. The van der Waals surface area contributed by atoms with Crippen LogP contribution in [0, 0.1) is 22.7 Å². The van der Waals surface area contributed by atoms with Crippen LogP contribution in [0.3, 0.4) is 0 Å². The van der Waals surface area contributed by atoms with Crippen LogP contribution in [-0.4, -0.2) is 157 Å². The summed E-state index contributed by atoms with van der Waals surface area (Å²) < 4.78 is 95.4. The second-order valence-corrected chi connectivity index (χ2v) is 23.5. The molecule has 96 heavy (non-hydrogen) atoms. The predicted molar refractivity (Wildman–Crippen MR) is 344 cm³/mol. The van der Waals surface area contributed by atoms with Gasteiger partial charge in [0.2, 0.25) is 0 Å². The fourth-order valence-electron chi connectivity index (χ4n) is 13.0. The number of benzene rings is 6. The molecule has 4 aliphatic rings. The zero-order valence-electron chi connectivity index (χ0n) is 53.3. The summed E-state index contributed by atoms with van der Waals surface area (Å²) >= 11 is 0. The molecule has 2 atom stereocenters. The van der Waals surface area contributed by atoms with Crippen molar-refractivity contribution < 1.29 is 64.6 Å². The van der Waals surface area contributed by atoms with Crippen molar-refractivity contribution in [3.8, 4) is 23.3 Å². The van der Waals surface area contributed by atoms with Crippen LogP contribution >= 0.6 is 0 Å². The van der Waals surface area contributed by atoms with Crippen molar-refractivity contribution in [3.63, 3.8) is 0 Å². The van der Waals surface area contributed by atoms with E-state index in [1.54, 1.807) is 109 Å². The molecule has 2 fully saturated rings. The number of hydrogen-bond donors (Lipinski definition) is 0. The first-order valence-electron chi connectivity index (χ1n) is 31.6. The third-order valence-electron chi connectivity index (χ3n) is 17.7. The number of anilines is 2. The summed E-state index contributed by atoms with van der Waals surface area (Å²) in [5.74, 6) is -2.00. The minimum absolute atomic E-state index is 0.0176. The molecule has 6 aromatic rings. The Balaban J connectivity index is 0.790. The number of amides is 6. The van der Waals surface area contributed by atoms with Gasteiger partial charge < -0.3 is 29.1 Å². The van der Waals surface area contributed by atoms with Gasteiger partial charge in [0.05, 0.1) is 82.2 Å². The maximum atomic E-state index is 14.8. The number of esters is 2. The second kappa shape index (κ2) is 29.6. The van der Waals surface area contributed by atoms with Gasteiger partial charge in [-0.2, -0.15) is 36.9 Å². The number of nitrogens with zero attached hydrogens (tertiary/aromatic N) is 10. The molecule has 0 spiro atoms. The van der Waals surface area contributed by atoms with E-state index in [0.717, 1.165) is 34.1 Å². The van der Waals surface area contributed by atoms with Gasteiger partial charge in [0.15, 0.2) is 0 Å². The van der Waals surface area contributed by atoms with Gasteiger partial charge in [-0.15, -0.1) is 0 Å². The van der Waals surface area contributed by atoms with Crippen LogP contribution in [0.4, 0.5) is 47.3 Å². The molecule has 24 heteroatoms. The zero-order chi connectivity index (χ0) is 68.6. The van der Waals surface area contributed by atoms with Crippen LogP contribution < -0.4 is 9.80 Å². The number of alkyl halides is 6. The van der Waals surface area contributed by atoms with E-state index in [1.807, 2.05) is 12.1 Å². The number of ether oxygens (including phenoxy) is 2. The summed E-state index contributed by atoms with van der Waals surface area (Å²) in [6.45, 7) is 10.3. The van der Waals surface area contributed by atoms with Crippen LogP contribution in [-0.2, 0) is 31.4 Å². The lowest BCUT2D eigenvalue weighted by Crippen LogP contribution is -2.52. The Morgan fingerprint density at radius 3 is 1.17 bits per heavy atom. The molecule has 6 aromatic carbocycles. The number of piperazine rings is 2. The number of carbonyl (C=O) groups is 6. The first-order chi connectivity index (χ1) is 46.1. The number of allylic oxidation sites excluding steroid dienone is 2. The highest BCUT2D eigenvalue weighted by Gasteiger charge is 2.46. The van der Waals surface area contributed by atoms with Crippen molar-refractivity contribution in [3.05, 3.63) is 213 Å². The summed E-state index contributed by atoms with van der Waals surface area (Å²) in [6.07, 6.45) is -8.72. The van der Waals surface area contributed by atoms with E-state index in [4.69, 9.17) is 9.47 Å². The molecule has 0 N–H and O–H groups in total. The number of hydrogen-bond acceptors (Lipinski definition) is 12. The minimum atomic E-state index is -4.72. The summed E-state index contributed by atoms with van der Waals surface area (Å²) in [6, 6.07) is 36.4. The van der Waals surface area contributed by atoms with E-state index < -0.39 is 59.6 Å². The van der Waals surface area contributed by atoms with Crippen molar-refractivity contribution in [2.24, 2.45) is 0 Å². The van der Waals surface area contributed by atoms with Crippen LogP contribution in [0.25, 0.3) is 11.1 Å². The Kier molecular flexibility index (Phi) is 21.1. The van der Waals surface area contributed by atoms with Gasteiger partial charge >= 0.3 is 36.4 Å². The van der Waals surface area contributed by atoms with E-state index >= 15 is 0 Å². The normalized spacial score (nSPS) is 17.6. The fourth-order valence-corrected chi connectivity index (χ4v) is 13.0. The monoisotopic (exact) mass is 1320 g/mol. The Morgan fingerprint density at radius 2 is 0.833 bits per heavy atom. The Bertz CT molecular complexity index is 3810. The smallest absolute Gasteiger partial charge is 0.416 e. The summed E-state index contributed by atoms with van der Waals surface area (Å²) in [5, 5.41) is 19.2. The second-order valence-electron chi connectivity index (χ2n) is 23.5. The fraction of sp³-hybridized carbons (Fsp3) is 0.333. The molecule has 0 saturated carbocycles. The van der Waals surface area contributed by atoms with Gasteiger partial charge in [-0.05, 0) is 149 Å². The maximum Gasteiger partial charge on any atom is 0.416 e. The standard InChI is InChI=1S/C72H70F6N10O8/c1-5-95-67(91)61-47(3)87(55-17-11-15-53(43-55)71(73,74)75)69(93)85(63(61)51-27-23-49(45-79)24-28-51)33-13-31-81-35-39-83(40-36-81)65(89)59-21-9-7-19-57(59)58-20-8-10-22-60(58)66(90)84-41-37-82(38-42-84)32-14-34-86-64(52-29-25-50(46-80)26-30-52)62(68(92)96-6-2)48(4)88(70(86)94)56-18-12-16-54(44-56)72(76,77)78/h7-12,15-30,43-44,63-64H,5-6,13-14,31-42H2,1-4H3. The molecular formula is C72H70F6N10O8. The maximum absolute atomic E-state index is 14.8. The van der Waals surface area contributed by atoms with E-state index in [2.05, 4.69) is 21.9 Å². The molecule has 18 nitrogen and oxygen atoms in total. The van der Waals surface area contributed by atoms with Crippen molar-refractivity contribution in [1.82, 2.24) is 29.4 Å². The molecule has 10 rings (SSSR count). The van der Waals surface area contributed by atoms with Crippen molar-refractivity contribution in [2.45, 2.75) is 65.0 Å². The van der Waals surface area contributed by atoms with Crippen LogP contribution in [0.5, 0.6) is 0 Å². The number of rotatable bonds is 19. The van der Waals surface area contributed by atoms with E-state index in [9.17, 15) is 65.6 Å². The van der Waals surface area contributed by atoms with E-state index in [0.29, 0.717) is 123 Å². The Hall–Kier alpha value is -10.3.